The number of aryl methyl sites for hydroxylation is 1. The van der Waals surface area contributed by atoms with Crippen molar-refractivity contribution in [3.63, 3.8) is 0 Å². The number of rotatable bonds is 8. The smallest absolute Gasteiger partial charge is 0.374 e. The van der Waals surface area contributed by atoms with Gasteiger partial charge in [0.25, 0.3) is 0 Å². The first kappa shape index (κ1) is 24.5. The average Bonchev–Trinajstić information content (AvgIpc) is 3.13. The summed E-state index contributed by atoms with van der Waals surface area (Å²) in [5.74, 6) is 1.14. The molecule has 1 aromatic rings. The third kappa shape index (κ3) is 5.89. The van der Waals surface area contributed by atoms with Crippen LogP contribution in [0.2, 0.25) is 0 Å². The van der Waals surface area contributed by atoms with Crippen LogP contribution in [0.4, 0.5) is 13.2 Å². The van der Waals surface area contributed by atoms with E-state index in [9.17, 15) is 18.3 Å². The van der Waals surface area contributed by atoms with Crippen LogP contribution in [0.25, 0.3) is 0 Å². The Labute approximate surface area is 177 Å². The van der Waals surface area contributed by atoms with Gasteiger partial charge in [-0.25, -0.2) is 4.98 Å². The van der Waals surface area contributed by atoms with Crippen LogP contribution in [-0.2, 0) is 12.6 Å². The molecular formula is C21H36F3N5O. The van der Waals surface area contributed by atoms with Crippen molar-refractivity contribution in [1.82, 2.24) is 20.2 Å². The predicted octanol–water partition coefficient (Wildman–Crippen LogP) is 3.72. The maximum absolute atomic E-state index is 13.7. The van der Waals surface area contributed by atoms with Crippen molar-refractivity contribution >= 4 is 5.96 Å². The van der Waals surface area contributed by atoms with Gasteiger partial charge in [-0.05, 0) is 25.7 Å². The highest BCUT2D eigenvalue weighted by molar-refractivity contribution is 5.80. The molecule has 0 spiro atoms. The molecule has 1 aliphatic rings. The number of aromatic nitrogens is 2. The molecule has 1 aliphatic carbocycles. The fraction of sp³-hybridized carbons (Fsp3) is 0.810. The zero-order valence-electron chi connectivity index (χ0n) is 18.5. The maximum atomic E-state index is 13.7. The van der Waals surface area contributed by atoms with E-state index in [0.717, 1.165) is 0 Å². The summed E-state index contributed by atoms with van der Waals surface area (Å²) in [6.07, 6.45) is 3.45. The molecule has 0 amide bonds. The van der Waals surface area contributed by atoms with Crippen molar-refractivity contribution in [3.05, 3.63) is 18.2 Å². The molecule has 172 valence electrons. The molecule has 30 heavy (non-hydrogen) atoms. The Morgan fingerprint density at radius 3 is 2.50 bits per heavy atom. The minimum absolute atomic E-state index is 0.141. The van der Waals surface area contributed by atoms with Crippen LogP contribution in [0.15, 0.2) is 17.4 Å². The lowest BCUT2D eigenvalue weighted by Gasteiger charge is -2.33. The van der Waals surface area contributed by atoms with Crippen LogP contribution in [0.5, 0.6) is 0 Å². The second kappa shape index (κ2) is 10.5. The van der Waals surface area contributed by atoms with Crippen LogP contribution in [0.3, 0.4) is 0 Å². The second-order valence-corrected chi connectivity index (χ2v) is 8.42. The standard InChI is InChI=1S/C21H36F3N5O/c1-5-25-19(28-16(3)15(2)17-9-7-6-8-10-17)27-12-11-20(30,21(22,23)24)18-26-13-14-29(18)4/h13-17,30H,5-12H2,1-4H3,(H2,25,27,28). The van der Waals surface area contributed by atoms with Crippen molar-refractivity contribution in [2.45, 2.75) is 77.1 Å². The Morgan fingerprint density at radius 1 is 1.30 bits per heavy atom. The van der Waals surface area contributed by atoms with Gasteiger partial charge in [0.2, 0.25) is 5.60 Å². The number of aliphatic hydroxyl groups is 1. The summed E-state index contributed by atoms with van der Waals surface area (Å²) in [7, 11) is 1.43. The largest absolute Gasteiger partial charge is 0.424 e. The highest BCUT2D eigenvalue weighted by Crippen LogP contribution is 2.40. The number of hydrogen-bond donors (Lipinski definition) is 3. The Hall–Kier alpha value is -1.77. The van der Waals surface area contributed by atoms with Crippen LogP contribution in [0.1, 0.15) is 65.1 Å². The SMILES string of the molecule is CCNC(=NCCC(O)(c1nccn1C)C(F)(F)F)NC(C)C(C)C1CCCCC1. The van der Waals surface area contributed by atoms with E-state index >= 15 is 0 Å². The van der Waals surface area contributed by atoms with Crippen molar-refractivity contribution in [2.24, 2.45) is 23.9 Å². The third-order valence-corrected chi connectivity index (χ3v) is 6.29. The molecule has 3 unspecified atom stereocenters. The van der Waals surface area contributed by atoms with E-state index in [-0.39, 0.29) is 12.6 Å². The molecule has 1 saturated carbocycles. The van der Waals surface area contributed by atoms with E-state index in [4.69, 9.17) is 0 Å². The van der Waals surface area contributed by atoms with Gasteiger partial charge >= 0.3 is 6.18 Å². The van der Waals surface area contributed by atoms with Crippen molar-refractivity contribution in [1.29, 1.82) is 0 Å². The third-order valence-electron chi connectivity index (χ3n) is 6.29. The van der Waals surface area contributed by atoms with Gasteiger partial charge in [-0.15, -0.1) is 0 Å². The van der Waals surface area contributed by atoms with Crippen molar-refractivity contribution in [3.8, 4) is 0 Å². The Morgan fingerprint density at radius 2 is 1.97 bits per heavy atom. The quantitative estimate of drug-likeness (QED) is 0.433. The topological polar surface area (TPSA) is 74.5 Å². The molecule has 3 N–H and O–H groups in total. The lowest BCUT2D eigenvalue weighted by molar-refractivity contribution is -0.272. The van der Waals surface area contributed by atoms with Gasteiger partial charge in [-0.3, -0.25) is 4.99 Å². The Balaban J connectivity index is 2.06. The molecule has 0 aromatic carbocycles. The molecule has 0 aliphatic heterocycles. The van der Waals surface area contributed by atoms with Crippen molar-refractivity contribution < 1.29 is 18.3 Å². The van der Waals surface area contributed by atoms with E-state index in [0.29, 0.717) is 24.3 Å². The summed E-state index contributed by atoms with van der Waals surface area (Å²) in [6, 6.07) is 0.141. The molecule has 6 nitrogen and oxygen atoms in total. The molecule has 9 heteroatoms. The fourth-order valence-electron chi connectivity index (χ4n) is 4.21. The highest BCUT2D eigenvalue weighted by Gasteiger charge is 2.57. The number of alkyl halides is 3. The van der Waals surface area contributed by atoms with E-state index in [2.05, 4.69) is 34.5 Å². The highest BCUT2D eigenvalue weighted by atomic mass is 19.4. The van der Waals surface area contributed by atoms with Crippen LogP contribution >= 0.6 is 0 Å². The molecule has 1 heterocycles. The summed E-state index contributed by atoms with van der Waals surface area (Å²) < 4.78 is 42.2. The molecule has 0 radical (unpaired) electrons. The van der Waals surface area contributed by atoms with Crippen LogP contribution in [0, 0.1) is 11.8 Å². The number of aliphatic imine (C=N–C) groups is 1. The lowest BCUT2D eigenvalue weighted by atomic mass is 9.78. The monoisotopic (exact) mass is 431 g/mol. The number of nitrogens with zero attached hydrogens (tertiary/aromatic N) is 3. The van der Waals surface area contributed by atoms with Gasteiger partial charge in [0.15, 0.2) is 5.96 Å². The zero-order valence-corrected chi connectivity index (χ0v) is 18.5. The summed E-state index contributed by atoms with van der Waals surface area (Å²) in [5, 5.41) is 16.9. The van der Waals surface area contributed by atoms with Gasteiger partial charge in [-0.1, -0.05) is 39.0 Å². The molecule has 1 fully saturated rings. The van der Waals surface area contributed by atoms with Gasteiger partial charge in [-0.2, -0.15) is 13.2 Å². The van der Waals surface area contributed by atoms with E-state index < -0.39 is 24.0 Å². The first-order valence-electron chi connectivity index (χ1n) is 10.9. The molecule has 2 rings (SSSR count). The number of hydrogen-bond acceptors (Lipinski definition) is 3. The van der Waals surface area contributed by atoms with Crippen molar-refractivity contribution in [2.75, 3.05) is 13.1 Å². The molecule has 1 aromatic heterocycles. The molecule has 0 saturated heterocycles. The van der Waals surface area contributed by atoms with Crippen LogP contribution < -0.4 is 10.6 Å². The maximum Gasteiger partial charge on any atom is 0.424 e. The Kier molecular flexibility index (Phi) is 8.58. The van der Waals surface area contributed by atoms with Gasteiger partial charge < -0.3 is 20.3 Å². The predicted molar refractivity (Wildman–Crippen MR) is 112 cm³/mol. The molecular weight excluding hydrogens is 395 g/mol. The normalized spacial score (nSPS) is 20.5. The zero-order chi connectivity index (χ0) is 22.4. The second-order valence-electron chi connectivity index (χ2n) is 8.42. The number of halogens is 3. The number of guanidine groups is 1. The summed E-state index contributed by atoms with van der Waals surface area (Å²) in [6.45, 7) is 6.63. The van der Waals surface area contributed by atoms with Gasteiger partial charge in [0.05, 0.1) is 0 Å². The minimum Gasteiger partial charge on any atom is -0.374 e. The Bertz CT molecular complexity index is 684. The summed E-state index contributed by atoms with van der Waals surface area (Å²) in [4.78, 5) is 8.04. The number of imidazole rings is 1. The summed E-state index contributed by atoms with van der Waals surface area (Å²) in [5.41, 5.74) is -3.05. The summed E-state index contributed by atoms with van der Waals surface area (Å²) >= 11 is 0. The number of nitrogens with one attached hydrogen (secondary N) is 2. The van der Waals surface area contributed by atoms with E-state index in [1.807, 2.05) is 6.92 Å². The van der Waals surface area contributed by atoms with Crippen LogP contribution in [-0.4, -0.2) is 45.9 Å². The van der Waals surface area contributed by atoms with E-state index in [1.54, 1.807) is 0 Å². The van der Waals surface area contributed by atoms with Gasteiger partial charge in [0, 0.05) is 45.0 Å². The molecule has 3 atom stereocenters. The first-order valence-corrected chi connectivity index (χ1v) is 10.9. The molecule has 0 bridgehead atoms. The average molecular weight is 432 g/mol. The van der Waals surface area contributed by atoms with Gasteiger partial charge in [0.1, 0.15) is 5.82 Å². The fourth-order valence-corrected chi connectivity index (χ4v) is 4.21. The van der Waals surface area contributed by atoms with E-state index in [1.165, 1.54) is 56.1 Å². The minimum atomic E-state index is -4.85. The first-order chi connectivity index (χ1) is 14.1. The lowest BCUT2D eigenvalue weighted by Crippen LogP contribution is -2.47.